The number of halogens is 1. The van der Waals surface area contributed by atoms with E-state index in [1.165, 1.54) is 6.07 Å². The summed E-state index contributed by atoms with van der Waals surface area (Å²) in [6.45, 7) is 1.41. The van der Waals surface area contributed by atoms with Crippen molar-refractivity contribution in [1.82, 2.24) is 0 Å². The second-order valence-corrected chi connectivity index (χ2v) is 6.00. The Morgan fingerprint density at radius 3 is 2.90 bits per heavy atom. The highest BCUT2D eigenvalue weighted by molar-refractivity contribution is 7.21. The second kappa shape index (κ2) is 6.09. The van der Waals surface area contributed by atoms with Gasteiger partial charge >= 0.3 is 5.97 Å². The van der Waals surface area contributed by atoms with Gasteiger partial charge in [-0.3, -0.25) is 0 Å². The van der Waals surface area contributed by atoms with Crippen molar-refractivity contribution in [2.45, 2.75) is 25.6 Å². The highest BCUT2D eigenvalue weighted by Gasteiger charge is 2.22. The van der Waals surface area contributed by atoms with Crippen LogP contribution >= 0.6 is 11.3 Å². The Morgan fingerprint density at radius 2 is 2.19 bits per heavy atom. The molecule has 6 heteroatoms. The minimum absolute atomic E-state index is 0.0436. The van der Waals surface area contributed by atoms with E-state index >= 15 is 0 Å². The van der Waals surface area contributed by atoms with Gasteiger partial charge in [-0.05, 0) is 25.0 Å². The molecule has 1 aliphatic heterocycles. The van der Waals surface area contributed by atoms with Crippen molar-refractivity contribution in [1.29, 1.82) is 0 Å². The van der Waals surface area contributed by atoms with Crippen molar-refractivity contribution in [3.8, 4) is 0 Å². The Bertz CT molecular complexity index is 661. The fourth-order valence-corrected chi connectivity index (χ4v) is 3.58. The molecule has 1 saturated heterocycles. The molecule has 3 rings (SSSR count). The van der Waals surface area contributed by atoms with Gasteiger partial charge in [-0.2, -0.15) is 0 Å². The quantitative estimate of drug-likeness (QED) is 0.940. The predicted octanol–water partition coefficient (Wildman–Crippen LogP) is 3.43. The highest BCUT2D eigenvalue weighted by Crippen LogP contribution is 2.34. The Labute approximate surface area is 125 Å². The molecule has 0 atom stereocenters. The van der Waals surface area contributed by atoms with Gasteiger partial charge in [0.1, 0.15) is 10.7 Å². The fourth-order valence-electron chi connectivity index (χ4n) is 2.52. The molecule has 4 nitrogen and oxygen atoms in total. The molecule has 0 spiro atoms. The number of fused-ring (bicyclic) bond motifs is 1. The molecule has 21 heavy (non-hydrogen) atoms. The standard InChI is InChI=1S/C15H15FO4S/c16-11-2-1-3-12-13(11)10(14(21-12)15(17)18)8-20-9-4-6-19-7-5-9/h1-3,9H,4-8H2,(H,17,18). The van der Waals surface area contributed by atoms with Crippen LogP contribution in [0.3, 0.4) is 0 Å². The minimum Gasteiger partial charge on any atom is -0.477 e. The van der Waals surface area contributed by atoms with Crippen molar-refractivity contribution in [3.05, 3.63) is 34.5 Å². The molecule has 1 aromatic carbocycles. The summed E-state index contributed by atoms with van der Waals surface area (Å²) in [4.78, 5) is 11.5. The Morgan fingerprint density at radius 1 is 1.43 bits per heavy atom. The van der Waals surface area contributed by atoms with Gasteiger partial charge in [0.05, 0.1) is 12.7 Å². The summed E-state index contributed by atoms with van der Waals surface area (Å²) in [6.07, 6.45) is 1.61. The first-order valence-corrected chi connectivity index (χ1v) is 7.61. The number of carboxylic acid groups (broad SMARTS) is 1. The number of ether oxygens (including phenoxy) is 2. The van der Waals surface area contributed by atoms with Gasteiger partial charge in [0, 0.05) is 28.9 Å². The zero-order valence-corrected chi connectivity index (χ0v) is 12.1. The number of carbonyl (C=O) groups is 1. The first-order chi connectivity index (χ1) is 10.2. The van der Waals surface area contributed by atoms with Crippen LogP contribution in [0.5, 0.6) is 0 Å². The average Bonchev–Trinajstić information content (AvgIpc) is 2.86. The van der Waals surface area contributed by atoms with Crippen LogP contribution in [0.1, 0.15) is 28.1 Å². The van der Waals surface area contributed by atoms with Crippen LogP contribution in [0.25, 0.3) is 10.1 Å². The lowest BCUT2D eigenvalue weighted by molar-refractivity contribution is -0.0389. The molecule has 0 aliphatic carbocycles. The fraction of sp³-hybridized carbons (Fsp3) is 0.400. The largest absolute Gasteiger partial charge is 0.477 e. The molecule has 112 valence electrons. The summed E-state index contributed by atoms with van der Waals surface area (Å²) < 4.78 is 25.7. The SMILES string of the molecule is O=C(O)c1sc2cccc(F)c2c1COC1CCOCC1. The first-order valence-electron chi connectivity index (χ1n) is 6.79. The molecule has 2 heterocycles. The number of rotatable bonds is 4. The molecule has 1 fully saturated rings. The van der Waals surface area contributed by atoms with Crippen LogP contribution in [-0.4, -0.2) is 30.4 Å². The van der Waals surface area contributed by atoms with E-state index in [1.54, 1.807) is 12.1 Å². The van der Waals surface area contributed by atoms with Crippen LogP contribution in [0, 0.1) is 5.82 Å². The van der Waals surface area contributed by atoms with E-state index in [0.717, 1.165) is 24.2 Å². The maximum absolute atomic E-state index is 14.0. The number of hydrogen-bond donors (Lipinski definition) is 1. The van der Waals surface area contributed by atoms with E-state index in [-0.39, 0.29) is 17.6 Å². The topological polar surface area (TPSA) is 55.8 Å². The van der Waals surface area contributed by atoms with Gasteiger partial charge in [0.2, 0.25) is 0 Å². The van der Waals surface area contributed by atoms with Gasteiger partial charge in [0.25, 0.3) is 0 Å². The number of hydrogen-bond acceptors (Lipinski definition) is 4. The molecule has 1 aromatic heterocycles. The number of aromatic carboxylic acids is 1. The van der Waals surface area contributed by atoms with E-state index < -0.39 is 11.8 Å². The molecule has 0 unspecified atom stereocenters. The zero-order valence-electron chi connectivity index (χ0n) is 11.3. The van der Waals surface area contributed by atoms with Gasteiger partial charge in [0.15, 0.2) is 0 Å². The van der Waals surface area contributed by atoms with Gasteiger partial charge in [-0.25, -0.2) is 9.18 Å². The van der Waals surface area contributed by atoms with Gasteiger partial charge < -0.3 is 14.6 Å². The molecule has 0 saturated carbocycles. The maximum Gasteiger partial charge on any atom is 0.346 e. The monoisotopic (exact) mass is 310 g/mol. The Hall–Kier alpha value is -1.50. The third kappa shape index (κ3) is 2.92. The summed E-state index contributed by atoms with van der Waals surface area (Å²) >= 11 is 1.09. The molecule has 0 amide bonds. The van der Waals surface area contributed by atoms with Gasteiger partial charge in [-0.15, -0.1) is 11.3 Å². The van der Waals surface area contributed by atoms with Crippen LogP contribution in [0.2, 0.25) is 0 Å². The third-order valence-corrected chi connectivity index (χ3v) is 4.77. The van der Waals surface area contributed by atoms with Crippen molar-refractivity contribution in [2.24, 2.45) is 0 Å². The summed E-state index contributed by atoms with van der Waals surface area (Å²) in [5.74, 6) is -1.44. The average molecular weight is 310 g/mol. The van der Waals surface area contributed by atoms with Crippen molar-refractivity contribution in [2.75, 3.05) is 13.2 Å². The highest BCUT2D eigenvalue weighted by atomic mass is 32.1. The number of carboxylic acids is 1. The molecule has 0 bridgehead atoms. The van der Waals surface area contributed by atoms with Crippen LogP contribution in [-0.2, 0) is 16.1 Å². The Kier molecular flexibility index (Phi) is 4.19. The van der Waals surface area contributed by atoms with Crippen molar-refractivity contribution in [3.63, 3.8) is 0 Å². The van der Waals surface area contributed by atoms with E-state index in [1.807, 2.05) is 0 Å². The molecule has 1 N–H and O–H groups in total. The zero-order chi connectivity index (χ0) is 14.8. The normalized spacial score (nSPS) is 16.4. The molecular weight excluding hydrogens is 295 g/mol. The van der Waals surface area contributed by atoms with Crippen LogP contribution in [0.4, 0.5) is 4.39 Å². The summed E-state index contributed by atoms with van der Waals surface area (Å²) in [7, 11) is 0. The summed E-state index contributed by atoms with van der Waals surface area (Å²) in [5, 5.41) is 9.67. The van der Waals surface area contributed by atoms with E-state index in [9.17, 15) is 14.3 Å². The smallest absolute Gasteiger partial charge is 0.346 e. The maximum atomic E-state index is 14.0. The predicted molar refractivity (Wildman–Crippen MR) is 77.4 cm³/mol. The third-order valence-electron chi connectivity index (χ3n) is 3.59. The van der Waals surface area contributed by atoms with Crippen molar-refractivity contribution >= 4 is 27.4 Å². The lowest BCUT2D eigenvalue weighted by Gasteiger charge is -2.22. The molecule has 1 aliphatic rings. The second-order valence-electron chi connectivity index (χ2n) is 4.95. The molecule has 0 radical (unpaired) electrons. The number of benzene rings is 1. The minimum atomic E-state index is -1.04. The van der Waals surface area contributed by atoms with Crippen LogP contribution in [0.15, 0.2) is 18.2 Å². The molecule has 2 aromatic rings. The van der Waals surface area contributed by atoms with Crippen molar-refractivity contribution < 1.29 is 23.8 Å². The number of thiophene rings is 1. The van der Waals surface area contributed by atoms with Gasteiger partial charge in [-0.1, -0.05) is 6.07 Å². The summed E-state index contributed by atoms with van der Waals surface area (Å²) in [5.41, 5.74) is 0.437. The lowest BCUT2D eigenvalue weighted by atomic mass is 10.1. The van der Waals surface area contributed by atoms with E-state index in [2.05, 4.69) is 0 Å². The van der Waals surface area contributed by atoms with E-state index in [4.69, 9.17) is 9.47 Å². The lowest BCUT2D eigenvalue weighted by Crippen LogP contribution is -2.23. The Balaban J connectivity index is 1.91. The summed E-state index contributed by atoms with van der Waals surface area (Å²) in [6, 6.07) is 4.66. The van der Waals surface area contributed by atoms with Crippen LogP contribution < -0.4 is 0 Å². The van der Waals surface area contributed by atoms with E-state index in [0.29, 0.717) is 28.9 Å². The molecular formula is C15H15FO4S. The first kappa shape index (κ1) is 14.4.